The molecule has 1 aromatic carbocycles. The second-order valence-corrected chi connectivity index (χ2v) is 5.81. The Bertz CT molecular complexity index is 716. The van der Waals surface area contributed by atoms with Crippen LogP contribution in [-0.2, 0) is 4.79 Å². The molecule has 0 saturated carbocycles. The van der Waals surface area contributed by atoms with Gasteiger partial charge in [0.15, 0.2) is 0 Å². The third kappa shape index (κ3) is 3.11. The van der Waals surface area contributed by atoms with Crippen molar-refractivity contribution in [3.63, 3.8) is 0 Å². The molecule has 23 heavy (non-hydrogen) atoms. The van der Waals surface area contributed by atoms with Gasteiger partial charge in [-0.2, -0.15) is 5.10 Å². The summed E-state index contributed by atoms with van der Waals surface area (Å²) in [4.78, 5) is 25.4. The van der Waals surface area contributed by atoms with Gasteiger partial charge >= 0.3 is 5.97 Å². The first-order valence-corrected chi connectivity index (χ1v) is 7.70. The molecule has 2 heterocycles. The minimum atomic E-state index is -0.773. The van der Waals surface area contributed by atoms with E-state index >= 15 is 0 Å². The summed E-state index contributed by atoms with van der Waals surface area (Å²) in [6.07, 6.45) is 2.76. The predicted octanol–water partition coefficient (Wildman–Crippen LogP) is 2.12. The van der Waals surface area contributed by atoms with Crippen molar-refractivity contribution in [2.75, 3.05) is 13.1 Å². The number of aliphatic carboxylic acids is 1. The van der Waals surface area contributed by atoms with E-state index in [1.54, 1.807) is 15.8 Å². The van der Waals surface area contributed by atoms with Crippen molar-refractivity contribution < 1.29 is 14.7 Å². The molecule has 2 aromatic rings. The lowest BCUT2D eigenvalue weighted by Gasteiger charge is -2.29. The van der Waals surface area contributed by atoms with Gasteiger partial charge in [0.2, 0.25) is 0 Å². The average Bonchev–Trinajstić information content (AvgIpc) is 2.97. The van der Waals surface area contributed by atoms with Crippen molar-refractivity contribution in [1.82, 2.24) is 14.7 Å². The molecule has 0 unspecified atom stereocenters. The van der Waals surface area contributed by atoms with Gasteiger partial charge in [-0.05, 0) is 31.9 Å². The predicted molar refractivity (Wildman–Crippen MR) is 84.6 cm³/mol. The highest BCUT2D eigenvalue weighted by molar-refractivity contribution is 5.95. The molecule has 1 amide bonds. The Hall–Kier alpha value is -2.63. The van der Waals surface area contributed by atoms with Crippen LogP contribution in [0.25, 0.3) is 5.69 Å². The number of hydrogen-bond acceptors (Lipinski definition) is 3. The van der Waals surface area contributed by atoms with Gasteiger partial charge < -0.3 is 10.0 Å². The summed E-state index contributed by atoms with van der Waals surface area (Å²) in [5, 5.41) is 13.5. The minimum absolute atomic E-state index is 0.0754. The van der Waals surface area contributed by atoms with Crippen molar-refractivity contribution in [3.05, 3.63) is 47.8 Å². The molecule has 1 saturated heterocycles. The van der Waals surface area contributed by atoms with Crippen molar-refractivity contribution in [2.45, 2.75) is 19.8 Å². The van der Waals surface area contributed by atoms with Crippen molar-refractivity contribution in [1.29, 1.82) is 0 Å². The third-order valence-corrected chi connectivity index (χ3v) is 4.28. The van der Waals surface area contributed by atoms with Gasteiger partial charge in [0.1, 0.15) is 0 Å². The Balaban J connectivity index is 1.76. The molecule has 0 radical (unpaired) electrons. The van der Waals surface area contributed by atoms with E-state index in [4.69, 9.17) is 5.11 Å². The summed E-state index contributed by atoms with van der Waals surface area (Å²) >= 11 is 0. The largest absolute Gasteiger partial charge is 0.481 e. The lowest BCUT2D eigenvalue weighted by atomic mass is 9.96. The Kier molecular flexibility index (Phi) is 4.14. The van der Waals surface area contributed by atoms with Crippen LogP contribution >= 0.6 is 0 Å². The number of benzene rings is 1. The number of rotatable bonds is 3. The number of likely N-dealkylation sites (tertiary alicyclic amines) is 1. The topological polar surface area (TPSA) is 75.4 Å². The number of aryl methyl sites for hydroxylation is 1. The van der Waals surface area contributed by atoms with Gasteiger partial charge in [0, 0.05) is 19.3 Å². The van der Waals surface area contributed by atoms with Crippen molar-refractivity contribution in [3.8, 4) is 5.69 Å². The number of carbonyl (C=O) groups excluding carboxylic acids is 1. The van der Waals surface area contributed by atoms with E-state index < -0.39 is 5.97 Å². The van der Waals surface area contributed by atoms with Crippen LogP contribution in [0.15, 0.2) is 36.5 Å². The molecule has 0 atom stereocenters. The molecule has 1 aliphatic rings. The highest BCUT2D eigenvalue weighted by atomic mass is 16.4. The van der Waals surface area contributed by atoms with Crippen LogP contribution in [0.3, 0.4) is 0 Å². The monoisotopic (exact) mass is 313 g/mol. The van der Waals surface area contributed by atoms with Gasteiger partial charge in [-0.25, -0.2) is 4.68 Å². The standard InChI is InChI=1S/C17H19N3O3/c1-12-15(11-20(18-12)14-5-3-2-4-6-14)16(21)19-9-7-13(8-10-19)17(22)23/h2-6,11,13H,7-10H2,1H3,(H,22,23). The molecular formula is C17H19N3O3. The number of piperidine rings is 1. The number of carboxylic acid groups (broad SMARTS) is 1. The maximum absolute atomic E-state index is 12.7. The summed E-state index contributed by atoms with van der Waals surface area (Å²) in [7, 11) is 0. The Morgan fingerprint density at radius 2 is 1.83 bits per heavy atom. The normalized spacial score (nSPS) is 15.6. The quantitative estimate of drug-likeness (QED) is 0.942. The maximum Gasteiger partial charge on any atom is 0.306 e. The molecule has 1 aromatic heterocycles. The Labute approximate surface area is 134 Å². The van der Waals surface area contributed by atoms with Crippen LogP contribution in [-0.4, -0.2) is 44.8 Å². The number of carboxylic acids is 1. The fraction of sp³-hybridized carbons (Fsp3) is 0.353. The zero-order valence-electron chi connectivity index (χ0n) is 13.0. The molecule has 1 N–H and O–H groups in total. The summed E-state index contributed by atoms with van der Waals surface area (Å²) in [6, 6.07) is 9.63. The van der Waals surface area contributed by atoms with Gasteiger partial charge in [-0.15, -0.1) is 0 Å². The lowest BCUT2D eigenvalue weighted by Crippen LogP contribution is -2.40. The van der Waals surface area contributed by atoms with E-state index in [9.17, 15) is 9.59 Å². The third-order valence-electron chi connectivity index (χ3n) is 4.28. The molecule has 0 aliphatic carbocycles. The van der Waals surface area contributed by atoms with Gasteiger partial charge in [0.25, 0.3) is 5.91 Å². The molecule has 3 rings (SSSR count). The second-order valence-electron chi connectivity index (χ2n) is 5.81. The van der Waals surface area contributed by atoms with Crippen LogP contribution in [0.5, 0.6) is 0 Å². The number of para-hydroxylation sites is 1. The molecule has 0 bridgehead atoms. The molecule has 1 aliphatic heterocycles. The fourth-order valence-corrected chi connectivity index (χ4v) is 2.88. The molecular weight excluding hydrogens is 294 g/mol. The summed E-state index contributed by atoms with van der Waals surface area (Å²) < 4.78 is 1.70. The first-order valence-electron chi connectivity index (χ1n) is 7.70. The molecule has 6 heteroatoms. The number of carbonyl (C=O) groups is 2. The van der Waals surface area contributed by atoms with Crippen LogP contribution in [0, 0.1) is 12.8 Å². The van der Waals surface area contributed by atoms with E-state index in [1.807, 2.05) is 37.3 Å². The SMILES string of the molecule is Cc1nn(-c2ccccc2)cc1C(=O)N1CCC(C(=O)O)CC1. The van der Waals surface area contributed by atoms with Crippen molar-refractivity contribution >= 4 is 11.9 Å². The highest BCUT2D eigenvalue weighted by Gasteiger charge is 2.28. The first kappa shape index (κ1) is 15.3. The van der Waals surface area contributed by atoms with E-state index in [2.05, 4.69) is 5.10 Å². The smallest absolute Gasteiger partial charge is 0.306 e. The Morgan fingerprint density at radius 3 is 2.43 bits per heavy atom. The second kappa shape index (κ2) is 6.24. The summed E-state index contributed by atoms with van der Waals surface area (Å²) in [5.41, 5.74) is 2.15. The van der Waals surface area contributed by atoms with Gasteiger partial charge in [0.05, 0.1) is 22.9 Å². The van der Waals surface area contributed by atoms with Gasteiger partial charge in [-0.1, -0.05) is 18.2 Å². The molecule has 0 spiro atoms. The van der Waals surface area contributed by atoms with Crippen LogP contribution in [0.4, 0.5) is 0 Å². The highest BCUT2D eigenvalue weighted by Crippen LogP contribution is 2.21. The zero-order chi connectivity index (χ0) is 16.4. The summed E-state index contributed by atoms with van der Waals surface area (Å²) in [5.74, 6) is -1.19. The number of nitrogens with zero attached hydrogens (tertiary/aromatic N) is 3. The maximum atomic E-state index is 12.7. The number of hydrogen-bond donors (Lipinski definition) is 1. The van der Waals surface area contributed by atoms with E-state index in [1.165, 1.54) is 0 Å². The first-order chi connectivity index (χ1) is 11.1. The fourth-order valence-electron chi connectivity index (χ4n) is 2.88. The lowest BCUT2D eigenvalue weighted by molar-refractivity contribution is -0.143. The number of aromatic nitrogens is 2. The number of amides is 1. The van der Waals surface area contributed by atoms with Crippen molar-refractivity contribution in [2.24, 2.45) is 5.92 Å². The zero-order valence-corrected chi connectivity index (χ0v) is 13.0. The van der Waals surface area contributed by atoms with Gasteiger partial charge in [-0.3, -0.25) is 9.59 Å². The van der Waals surface area contributed by atoms with Crippen LogP contribution in [0.1, 0.15) is 28.9 Å². The molecule has 1 fully saturated rings. The van der Waals surface area contributed by atoms with E-state index in [0.29, 0.717) is 37.2 Å². The molecule has 6 nitrogen and oxygen atoms in total. The summed E-state index contributed by atoms with van der Waals surface area (Å²) in [6.45, 7) is 2.77. The van der Waals surface area contributed by atoms with E-state index in [-0.39, 0.29) is 11.8 Å². The Morgan fingerprint density at radius 1 is 1.17 bits per heavy atom. The average molecular weight is 313 g/mol. The minimum Gasteiger partial charge on any atom is -0.481 e. The van der Waals surface area contributed by atoms with Crippen LogP contribution in [0.2, 0.25) is 0 Å². The van der Waals surface area contributed by atoms with Crippen LogP contribution < -0.4 is 0 Å². The molecule has 120 valence electrons. The van der Waals surface area contributed by atoms with E-state index in [0.717, 1.165) is 5.69 Å².